The van der Waals surface area contributed by atoms with Crippen LogP contribution in [-0.2, 0) is 13.2 Å². The van der Waals surface area contributed by atoms with E-state index in [1.807, 2.05) is 13.0 Å². The Bertz CT molecular complexity index is 438. The summed E-state index contributed by atoms with van der Waals surface area (Å²) < 4.78 is 5.31. The van der Waals surface area contributed by atoms with Gasteiger partial charge in [0.15, 0.2) is 0 Å². The lowest BCUT2D eigenvalue weighted by Gasteiger charge is -1.97. The van der Waals surface area contributed by atoms with Crippen molar-refractivity contribution in [1.29, 1.82) is 0 Å². The van der Waals surface area contributed by atoms with Gasteiger partial charge in [0.25, 0.3) is 0 Å². The minimum absolute atomic E-state index is 0.0715. The molecule has 0 aliphatic carbocycles. The molecule has 2 N–H and O–H groups in total. The van der Waals surface area contributed by atoms with Gasteiger partial charge in [-0.05, 0) is 19.1 Å². The molecule has 0 aliphatic rings. The third kappa shape index (κ3) is 2.54. The molecule has 15 heavy (non-hydrogen) atoms. The summed E-state index contributed by atoms with van der Waals surface area (Å²) in [5, 5.41) is 21.4. The Morgan fingerprint density at radius 3 is 2.80 bits per heavy atom. The number of anilines is 1. The Morgan fingerprint density at radius 1 is 1.40 bits per heavy atom. The number of nitrogens with one attached hydrogen (secondary N) is 1. The van der Waals surface area contributed by atoms with Gasteiger partial charge in [-0.1, -0.05) is 11.3 Å². The monoisotopic (exact) mass is 225 g/mol. The van der Waals surface area contributed by atoms with Crippen LogP contribution in [0.15, 0.2) is 16.5 Å². The number of nitrogens with zero attached hydrogens (tertiary/aromatic N) is 2. The molecule has 0 fully saturated rings. The smallest absolute Gasteiger partial charge is 0.206 e. The molecule has 0 amide bonds. The van der Waals surface area contributed by atoms with Crippen molar-refractivity contribution in [2.24, 2.45) is 0 Å². The number of rotatable bonds is 4. The Labute approximate surface area is 90.8 Å². The van der Waals surface area contributed by atoms with Crippen molar-refractivity contribution in [3.63, 3.8) is 0 Å². The zero-order chi connectivity index (χ0) is 10.7. The van der Waals surface area contributed by atoms with Gasteiger partial charge in [0.05, 0.1) is 6.54 Å². The van der Waals surface area contributed by atoms with Crippen molar-refractivity contribution >= 4 is 16.5 Å². The van der Waals surface area contributed by atoms with E-state index in [0.717, 1.165) is 15.9 Å². The molecule has 0 unspecified atom stereocenters. The first-order chi connectivity index (χ1) is 7.28. The first-order valence-corrected chi connectivity index (χ1v) is 5.32. The van der Waals surface area contributed by atoms with E-state index in [2.05, 4.69) is 15.5 Å². The van der Waals surface area contributed by atoms with E-state index >= 15 is 0 Å². The van der Waals surface area contributed by atoms with Crippen LogP contribution in [0.3, 0.4) is 0 Å². The summed E-state index contributed by atoms with van der Waals surface area (Å²) >= 11 is 1.50. The second kappa shape index (κ2) is 4.41. The van der Waals surface area contributed by atoms with Crippen molar-refractivity contribution in [2.45, 2.75) is 20.1 Å². The van der Waals surface area contributed by atoms with Crippen LogP contribution < -0.4 is 5.32 Å². The predicted octanol–water partition coefficient (Wildman–Crippen LogP) is 1.54. The molecule has 2 heterocycles. The van der Waals surface area contributed by atoms with Gasteiger partial charge >= 0.3 is 0 Å². The lowest BCUT2D eigenvalue weighted by Crippen LogP contribution is -1.97. The Kier molecular flexibility index (Phi) is 2.98. The molecular weight excluding hydrogens is 214 g/mol. The van der Waals surface area contributed by atoms with Crippen LogP contribution in [0, 0.1) is 6.92 Å². The van der Waals surface area contributed by atoms with Crippen LogP contribution >= 0.6 is 11.3 Å². The number of furan rings is 1. The van der Waals surface area contributed by atoms with Gasteiger partial charge < -0.3 is 14.8 Å². The molecule has 0 radical (unpaired) electrons. The zero-order valence-corrected chi connectivity index (χ0v) is 9.04. The largest absolute Gasteiger partial charge is 0.462 e. The van der Waals surface area contributed by atoms with Gasteiger partial charge in [-0.3, -0.25) is 0 Å². The normalized spacial score (nSPS) is 10.5. The summed E-state index contributed by atoms with van der Waals surface area (Å²) in [5.41, 5.74) is 0. The summed E-state index contributed by atoms with van der Waals surface area (Å²) in [5.74, 6) is 1.34. The molecule has 0 aromatic carbocycles. The van der Waals surface area contributed by atoms with Crippen LogP contribution in [-0.4, -0.2) is 15.3 Å². The van der Waals surface area contributed by atoms with Crippen molar-refractivity contribution < 1.29 is 9.52 Å². The van der Waals surface area contributed by atoms with Gasteiger partial charge in [-0.25, -0.2) is 0 Å². The van der Waals surface area contributed by atoms with E-state index in [4.69, 9.17) is 9.52 Å². The van der Waals surface area contributed by atoms with E-state index in [1.54, 1.807) is 6.07 Å². The maximum absolute atomic E-state index is 8.81. The molecule has 80 valence electrons. The number of aliphatic hydroxyl groups excluding tert-OH is 1. The standard InChI is InChI=1S/C9H11N3O2S/c1-6-11-12-9(15-6)10-4-7-2-3-8(5-13)14-7/h2-3,13H,4-5H2,1H3,(H,10,12). The van der Waals surface area contributed by atoms with Gasteiger partial charge in [0.1, 0.15) is 23.1 Å². The second-order valence-corrected chi connectivity index (χ2v) is 4.19. The van der Waals surface area contributed by atoms with Crippen molar-refractivity contribution in [3.8, 4) is 0 Å². The first kappa shape index (κ1) is 10.1. The van der Waals surface area contributed by atoms with Crippen molar-refractivity contribution in [2.75, 3.05) is 5.32 Å². The van der Waals surface area contributed by atoms with Crippen LogP contribution in [0.2, 0.25) is 0 Å². The molecule has 0 bridgehead atoms. The number of aliphatic hydroxyl groups is 1. The Morgan fingerprint density at radius 2 is 2.20 bits per heavy atom. The Balaban J connectivity index is 1.93. The molecule has 6 heteroatoms. The van der Waals surface area contributed by atoms with E-state index in [-0.39, 0.29) is 6.61 Å². The summed E-state index contributed by atoms with van der Waals surface area (Å²) in [4.78, 5) is 0. The highest BCUT2D eigenvalue weighted by Gasteiger charge is 2.03. The fourth-order valence-electron chi connectivity index (χ4n) is 1.13. The fraction of sp³-hybridized carbons (Fsp3) is 0.333. The molecule has 0 saturated carbocycles. The summed E-state index contributed by atoms with van der Waals surface area (Å²) in [6.45, 7) is 2.38. The summed E-state index contributed by atoms with van der Waals surface area (Å²) in [6, 6.07) is 3.58. The molecule has 0 aliphatic heterocycles. The average molecular weight is 225 g/mol. The van der Waals surface area contributed by atoms with Crippen LogP contribution in [0.4, 0.5) is 5.13 Å². The van der Waals surface area contributed by atoms with Crippen molar-refractivity contribution in [1.82, 2.24) is 10.2 Å². The quantitative estimate of drug-likeness (QED) is 0.826. The van der Waals surface area contributed by atoms with Crippen LogP contribution in [0.25, 0.3) is 0 Å². The third-order valence-electron chi connectivity index (χ3n) is 1.81. The van der Waals surface area contributed by atoms with Crippen LogP contribution in [0.1, 0.15) is 16.5 Å². The highest BCUT2D eigenvalue weighted by atomic mass is 32.1. The molecule has 2 aromatic heterocycles. The fourth-order valence-corrected chi connectivity index (χ4v) is 1.72. The maximum atomic E-state index is 8.81. The maximum Gasteiger partial charge on any atom is 0.206 e. The number of hydrogen-bond acceptors (Lipinski definition) is 6. The minimum Gasteiger partial charge on any atom is -0.462 e. The Hall–Kier alpha value is -1.40. The topological polar surface area (TPSA) is 71.2 Å². The number of hydrogen-bond donors (Lipinski definition) is 2. The SMILES string of the molecule is Cc1nnc(NCc2ccc(CO)o2)s1. The summed E-state index contributed by atoms with van der Waals surface area (Å²) in [6.07, 6.45) is 0. The number of aryl methyl sites for hydroxylation is 1. The van der Waals surface area contributed by atoms with E-state index in [9.17, 15) is 0 Å². The highest BCUT2D eigenvalue weighted by Crippen LogP contribution is 2.15. The van der Waals surface area contributed by atoms with Gasteiger partial charge in [0, 0.05) is 0 Å². The molecule has 0 spiro atoms. The number of aromatic nitrogens is 2. The summed E-state index contributed by atoms with van der Waals surface area (Å²) in [7, 11) is 0. The van der Waals surface area contributed by atoms with Crippen molar-refractivity contribution in [3.05, 3.63) is 28.7 Å². The van der Waals surface area contributed by atoms with E-state index in [0.29, 0.717) is 12.3 Å². The zero-order valence-electron chi connectivity index (χ0n) is 8.23. The first-order valence-electron chi connectivity index (χ1n) is 4.50. The molecule has 5 nitrogen and oxygen atoms in total. The van der Waals surface area contributed by atoms with Crippen LogP contribution in [0.5, 0.6) is 0 Å². The highest BCUT2D eigenvalue weighted by molar-refractivity contribution is 7.15. The van der Waals surface area contributed by atoms with E-state index < -0.39 is 0 Å². The lowest BCUT2D eigenvalue weighted by molar-refractivity contribution is 0.244. The molecule has 2 aromatic rings. The van der Waals surface area contributed by atoms with E-state index in [1.165, 1.54) is 11.3 Å². The second-order valence-electron chi connectivity index (χ2n) is 3.01. The minimum atomic E-state index is -0.0715. The molecule has 0 atom stereocenters. The molecule has 2 rings (SSSR count). The molecular formula is C9H11N3O2S. The van der Waals surface area contributed by atoms with Gasteiger partial charge in [-0.2, -0.15) is 0 Å². The van der Waals surface area contributed by atoms with Gasteiger partial charge in [-0.15, -0.1) is 10.2 Å². The molecule has 0 saturated heterocycles. The lowest BCUT2D eigenvalue weighted by atomic mass is 10.4. The third-order valence-corrected chi connectivity index (χ3v) is 2.61. The predicted molar refractivity (Wildman–Crippen MR) is 56.6 cm³/mol. The average Bonchev–Trinajstić information content (AvgIpc) is 2.83. The van der Waals surface area contributed by atoms with Gasteiger partial charge in [0.2, 0.25) is 5.13 Å².